The molecule has 194 valence electrons. The van der Waals surface area contributed by atoms with E-state index in [0.717, 1.165) is 35.6 Å². The van der Waals surface area contributed by atoms with Gasteiger partial charge in [0.15, 0.2) is 0 Å². The number of carbonyl (C=O) groups is 1. The number of aromatic amines is 1. The van der Waals surface area contributed by atoms with E-state index < -0.39 is 10.0 Å². The Morgan fingerprint density at radius 2 is 1.94 bits per heavy atom. The summed E-state index contributed by atoms with van der Waals surface area (Å²) in [6.45, 7) is 3.66. The van der Waals surface area contributed by atoms with Gasteiger partial charge in [0.25, 0.3) is 0 Å². The average Bonchev–Trinajstić information content (AvgIpc) is 3.51. The van der Waals surface area contributed by atoms with Crippen LogP contribution in [0.5, 0.6) is 0 Å². The van der Waals surface area contributed by atoms with Gasteiger partial charge in [-0.15, -0.1) is 11.3 Å². The minimum atomic E-state index is -3.71. The van der Waals surface area contributed by atoms with E-state index in [1.807, 2.05) is 19.9 Å². The number of sulfonamides is 1. The number of benzene rings is 1. The second kappa shape index (κ2) is 11.0. The molecule has 1 fully saturated rings. The molecule has 0 atom stereocenters. The fourth-order valence-corrected chi connectivity index (χ4v) is 6.50. The van der Waals surface area contributed by atoms with E-state index in [0.29, 0.717) is 17.2 Å². The number of alkyl carbamates (subject to hydrolysis) is 1. The standard InChI is InChI=1S/C24H32N6O4S2/c1-15(2)34-24(31)29-17-7-5-16(6-8-17)22-27-14-20(35-22)19-10-9-18(28-23-25-11-12-26-23)13-21(19)36(32,33)30(3)4/h9-17H,5-8H2,1-4H3,(H,29,31)(H2,25,26,28). The van der Waals surface area contributed by atoms with Crippen LogP contribution in [0.25, 0.3) is 10.4 Å². The summed E-state index contributed by atoms with van der Waals surface area (Å²) in [4.78, 5) is 24.7. The van der Waals surface area contributed by atoms with Gasteiger partial charge >= 0.3 is 6.09 Å². The fourth-order valence-electron chi connectivity index (χ4n) is 4.18. The summed E-state index contributed by atoms with van der Waals surface area (Å²) in [5.41, 5.74) is 1.23. The Morgan fingerprint density at radius 1 is 1.19 bits per heavy atom. The number of nitrogens with one attached hydrogen (secondary N) is 3. The van der Waals surface area contributed by atoms with Crippen molar-refractivity contribution >= 4 is 39.1 Å². The summed E-state index contributed by atoms with van der Waals surface area (Å²) < 4.78 is 32.8. The van der Waals surface area contributed by atoms with Crippen LogP contribution in [0.4, 0.5) is 16.4 Å². The molecule has 10 nitrogen and oxygen atoms in total. The number of H-pyrrole nitrogens is 1. The number of hydrogen-bond donors (Lipinski definition) is 3. The highest BCUT2D eigenvalue weighted by molar-refractivity contribution is 7.89. The van der Waals surface area contributed by atoms with Crippen molar-refractivity contribution in [1.82, 2.24) is 24.6 Å². The molecule has 1 aromatic carbocycles. The Kier molecular flexibility index (Phi) is 7.96. The number of aromatic nitrogens is 3. The number of thiazole rings is 1. The van der Waals surface area contributed by atoms with E-state index in [1.165, 1.54) is 29.7 Å². The first-order valence-electron chi connectivity index (χ1n) is 11.9. The Bertz CT molecular complexity index is 1280. The Labute approximate surface area is 215 Å². The maximum absolute atomic E-state index is 13.2. The lowest BCUT2D eigenvalue weighted by Gasteiger charge is -2.28. The topological polar surface area (TPSA) is 129 Å². The van der Waals surface area contributed by atoms with E-state index in [9.17, 15) is 13.2 Å². The maximum Gasteiger partial charge on any atom is 0.407 e. The van der Waals surface area contributed by atoms with Crippen LogP contribution in [0.15, 0.2) is 41.7 Å². The number of amides is 1. The van der Waals surface area contributed by atoms with Gasteiger partial charge < -0.3 is 20.4 Å². The van der Waals surface area contributed by atoms with Gasteiger partial charge in [-0.05, 0) is 51.7 Å². The molecule has 0 saturated heterocycles. The zero-order chi connectivity index (χ0) is 25.9. The van der Waals surface area contributed by atoms with Crippen molar-refractivity contribution in [3.05, 3.63) is 41.8 Å². The third-order valence-electron chi connectivity index (χ3n) is 6.03. The highest BCUT2D eigenvalue weighted by atomic mass is 32.2. The third kappa shape index (κ3) is 6.05. The molecular formula is C24H32N6O4S2. The maximum atomic E-state index is 13.2. The molecule has 1 aliphatic rings. The molecule has 1 amide bonds. The van der Waals surface area contributed by atoms with Crippen LogP contribution in [-0.4, -0.2) is 60.0 Å². The molecule has 0 aliphatic heterocycles. The largest absolute Gasteiger partial charge is 0.447 e. The number of hydrogen-bond acceptors (Lipinski definition) is 8. The molecule has 2 heterocycles. The second-order valence-corrected chi connectivity index (χ2v) is 12.5. The molecule has 0 bridgehead atoms. The lowest BCUT2D eigenvalue weighted by molar-refractivity contribution is 0.109. The lowest BCUT2D eigenvalue weighted by Crippen LogP contribution is -2.38. The number of rotatable bonds is 8. The Morgan fingerprint density at radius 3 is 2.58 bits per heavy atom. The predicted molar refractivity (Wildman–Crippen MR) is 140 cm³/mol. The van der Waals surface area contributed by atoms with Crippen LogP contribution in [0.3, 0.4) is 0 Å². The van der Waals surface area contributed by atoms with Crippen molar-refractivity contribution in [3.8, 4) is 10.4 Å². The van der Waals surface area contributed by atoms with Gasteiger partial charge in [-0.3, -0.25) is 0 Å². The van der Waals surface area contributed by atoms with Gasteiger partial charge in [-0.1, -0.05) is 6.07 Å². The molecule has 0 spiro atoms. The van der Waals surface area contributed by atoms with Crippen molar-refractivity contribution < 1.29 is 17.9 Å². The monoisotopic (exact) mass is 532 g/mol. The molecule has 0 radical (unpaired) electrons. The summed E-state index contributed by atoms with van der Waals surface area (Å²) in [5.74, 6) is 0.801. The molecule has 3 N–H and O–H groups in total. The van der Waals surface area contributed by atoms with Gasteiger partial charge in [-0.2, -0.15) is 0 Å². The van der Waals surface area contributed by atoms with Crippen molar-refractivity contribution in [2.24, 2.45) is 0 Å². The average molecular weight is 533 g/mol. The van der Waals surface area contributed by atoms with Crippen molar-refractivity contribution in [1.29, 1.82) is 0 Å². The van der Waals surface area contributed by atoms with Crippen LogP contribution in [-0.2, 0) is 14.8 Å². The molecule has 12 heteroatoms. The summed E-state index contributed by atoms with van der Waals surface area (Å²) >= 11 is 1.52. The summed E-state index contributed by atoms with van der Waals surface area (Å²) in [5, 5.41) is 7.03. The van der Waals surface area contributed by atoms with E-state index in [-0.39, 0.29) is 29.1 Å². The van der Waals surface area contributed by atoms with Crippen LogP contribution in [0, 0.1) is 0 Å². The first kappa shape index (κ1) is 26.1. The minimum absolute atomic E-state index is 0.0953. The van der Waals surface area contributed by atoms with Gasteiger partial charge in [0.1, 0.15) is 0 Å². The van der Waals surface area contributed by atoms with Gasteiger partial charge in [0, 0.05) is 55.9 Å². The van der Waals surface area contributed by atoms with Crippen molar-refractivity contribution in [3.63, 3.8) is 0 Å². The molecule has 2 aromatic heterocycles. The van der Waals surface area contributed by atoms with E-state index >= 15 is 0 Å². The minimum Gasteiger partial charge on any atom is -0.447 e. The molecule has 0 unspecified atom stereocenters. The number of carbonyl (C=O) groups excluding carboxylic acids is 1. The zero-order valence-corrected chi connectivity index (χ0v) is 22.4. The van der Waals surface area contributed by atoms with Gasteiger partial charge in [-0.25, -0.2) is 27.5 Å². The SMILES string of the molecule is CC(C)OC(=O)NC1CCC(c2ncc(-c3ccc(Nc4ncc[nH]4)cc3S(=O)(=O)N(C)C)s2)CC1. The third-order valence-corrected chi connectivity index (χ3v) is 9.08. The van der Waals surface area contributed by atoms with Crippen molar-refractivity contribution in [2.75, 3.05) is 19.4 Å². The quantitative estimate of drug-likeness (QED) is 0.384. The Hall–Kier alpha value is -2.96. The van der Waals surface area contributed by atoms with Crippen LogP contribution in [0.2, 0.25) is 0 Å². The highest BCUT2D eigenvalue weighted by Crippen LogP contribution is 2.40. The normalized spacial score (nSPS) is 18.4. The Balaban J connectivity index is 1.52. The van der Waals surface area contributed by atoms with Crippen molar-refractivity contribution in [2.45, 2.75) is 62.5 Å². The van der Waals surface area contributed by atoms with Crippen LogP contribution >= 0.6 is 11.3 Å². The predicted octanol–water partition coefficient (Wildman–Crippen LogP) is 4.69. The first-order valence-corrected chi connectivity index (χ1v) is 14.2. The molecular weight excluding hydrogens is 500 g/mol. The van der Waals surface area contributed by atoms with E-state index in [4.69, 9.17) is 4.74 Å². The van der Waals surface area contributed by atoms with E-state index in [1.54, 1.807) is 30.7 Å². The number of ether oxygens (including phenoxy) is 1. The summed E-state index contributed by atoms with van der Waals surface area (Å²) in [6.07, 6.45) is 8.04. The molecule has 3 aromatic rings. The van der Waals surface area contributed by atoms with Crippen LogP contribution < -0.4 is 10.6 Å². The lowest BCUT2D eigenvalue weighted by atomic mass is 9.86. The number of anilines is 2. The number of imidazole rings is 1. The summed E-state index contributed by atoms with van der Waals surface area (Å²) in [7, 11) is -0.669. The molecule has 4 rings (SSSR count). The molecule has 1 aliphatic carbocycles. The van der Waals surface area contributed by atoms with Crippen LogP contribution in [0.1, 0.15) is 50.5 Å². The smallest absolute Gasteiger partial charge is 0.407 e. The second-order valence-electron chi connectivity index (χ2n) is 9.27. The number of nitrogens with zero attached hydrogens (tertiary/aromatic N) is 3. The van der Waals surface area contributed by atoms with E-state index in [2.05, 4.69) is 25.6 Å². The van der Waals surface area contributed by atoms with Gasteiger partial charge in [0.2, 0.25) is 16.0 Å². The molecule has 1 saturated carbocycles. The first-order chi connectivity index (χ1) is 17.1. The zero-order valence-electron chi connectivity index (χ0n) is 20.8. The van der Waals surface area contributed by atoms with Gasteiger partial charge in [0.05, 0.1) is 20.9 Å². The highest BCUT2D eigenvalue weighted by Gasteiger charge is 2.28. The molecule has 36 heavy (non-hydrogen) atoms. The summed E-state index contributed by atoms with van der Waals surface area (Å²) in [6, 6.07) is 5.36. The fraction of sp³-hybridized carbons (Fsp3) is 0.458.